The van der Waals surface area contributed by atoms with Crippen LogP contribution in [0.5, 0.6) is 0 Å². The summed E-state index contributed by atoms with van der Waals surface area (Å²) < 4.78 is 11.4. The summed E-state index contributed by atoms with van der Waals surface area (Å²) in [6, 6.07) is 0. The van der Waals surface area contributed by atoms with Crippen molar-refractivity contribution in [2.75, 3.05) is 6.61 Å². The number of epoxide rings is 1. The van der Waals surface area contributed by atoms with Gasteiger partial charge in [-0.25, -0.2) is 0 Å². The van der Waals surface area contributed by atoms with Crippen LogP contribution in [0.1, 0.15) is 90.4 Å². The minimum atomic E-state index is -0.256. The van der Waals surface area contributed by atoms with E-state index in [0.29, 0.717) is 6.10 Å². The Labute approximate surface area is 136 Å². The number of rotatable bonds is 12. The molecule has 22 heavy (non-hydrogen) atoms. The fourth-order valence-corrected chi connectivity index (χ4v) is 3.54. The smallest absolute Gasteiger partial charge is 0.107 e. The van der Waals surface area contributed by atoms with Gasteiger partial charge in [-0.15, -0.1) is 0 Å². The summed E-state index contributed by atoms with van der Waals surface area (Å²) in [6.07, 6.45) is 16.8. The molecule has 0 saturated carbocycles. The Morgan fingerprint density at radius 3 is 2.00 bits per heavy atom. The largest absolute Gasteiger partial charge is 0.390 e. The minimum absolute atomic E-state index is 0.0528. The summed E-state index contributed by atoms with van der Waals surface area (Å²) in [6.45, 7) is 3.12. The van der Waals surface area contributed by atoms with Gasteiger partial charge in [-0.3, -0.25) is 0 Å². The SMILES string of the molecule is CCCCCCCCCCCC[C@H]1O[C@@H]([C@H]2CO2)CC[C@H]1O. The van der Waals surface area contributed by atoms with Crippen LogP contribution in [0, 0.1) is 0 Å². The maximum Gasteiger partial charge on any atom is 0.107 e. The minimum Gasteiger partial charge on any atom is -0.390 e. The van der Waals surface area contributed by atoms with E-state index in [4.69, 9.17) is 9.47 Å². The van der Waals surface area contributed by atoms with E-state index in [1.807, 2.05) is 0 Å². The number of hydrogen-bond donors (Lipinski definition) is 1. The predicted molar refractivity (Wildman–Crippen MR) is 90.1 cm³/mol. The van der Waals surface area contributed by atoms with Gasteiger partial charge in [-0.2, -0.15) is 0 Å². The molecule has 4 atom stereocenters. The van der Waals surface area contributed by atoms with E-state index in [9.17, 15) is 5.11 Å². The molecule has 2 saturated heterocycles. The Kier molecular flexibility index (Phi) is 8.79. The van der Waals surface area contributed by atoms with Gasteiger partial charge in [-0.1, -0.05) is 71.1 Å². The standard InChI is InChI=1S/C19H36O3/c1-2-3-4-5-6-7-8-9-10-11-12-17-16(20)13-14-18(22-17)19-15-21-19/h16-20H,2-15H2,1H3/t16-,17-,18-,19-/m1/s1. The lowest BCUT2D eigenvalue weighted by Gasteiger charge is -2.33. The third-order valence-corrected chi connectivity index (χ3v) is 5.14. The molecule has 0 aromatic heterocycles. The van der Waals surface area contributed by atoms with E-state index in [2.05, 4.69) is 6.92 Å². The molecule has 2 aliphatic heterocycles. The first-order chi connectivity index (χ1) is 10.8. The summed E-state index contributed by atoms with van der Waals surface area (Å²) in [5, 5.41) is 10.1. The van der Waals surface area contributed by atoms with E-state index >= 15 is 0 Å². The van der Waals surface area contributed by atoms with E-state index in [-0.39, 0.29) is 18.3 Å². The highest BCUT2D eigenvalue weighted by molar-refractivity contribution is 4.87. The number of aliphatic hydroxyl groups excluding tert-OH is 1. The van der Waals surface area contributed by atoms with Crippen molar-refractivity contribution in [3.05, 3.63) is 0 Å². The molecule has 0 radical (unpaired) electrons. The van der Waals surface area contributed by atoms with Crippen molar-refractivity contribution in [3.63, 3.8) is 0 Å². The van der Waals surface area contributed by atoms with Crippen LogP contribution in [-0.2, 0) is 9.47 Å². The van der Waals surface area contributed by atoms with E-state index in [1.54, 1.807) is 0 Å². The third kappa shape index (κ3) is 6.97. The molecule has 3 heteroatoms. The van der Waals surface area contributed by atoms with Crippen molar-refractivity contribution < 1.29 is 14.6 Å². The quantitative estimate of drug-likeness (QED) is 0.423. The Balaban J connectivity index is 1.42. The van der Waals surface area contributed by atoms with Gasteiger partial charge in [0.2, 0.25) is 0 Å². The first-order valence-electron chi connectivity index (χ1n) is 9.76. The summed E-state index contributed by atoms with van der Waals surface area (Å²) >= 11 is 0. The average Bonchev–Trinajstić information content (AvgIpc) is 3.35. The summed E-state index contributed by atoms with van der Waals surface area (Å²) in [5.41, 5.74) is 0. The molecule has 0 aromatic rings. The molecule has 130 valence electrons. The molecule has 0 amide bonds. The zero-order chi connectivity index (χ0) is 15.6. The lowest BCUT2D eigenvalue weighted by Crippen LogP contribution is -2.40. The van der Waals surface area contributed by atoms with Gasteiger partial charge in [0.1, 0.15) is 6.10 Å². The summed E-state index contributed by atoms with van der Waals surface area (Å²) in [7, 11) is 0. The molecule has 2 rings (SSSR count). The lowest BCUT2D eigenvalue weighted by atomic mass is 9.95. The van der Waals surface area contributed by atoms with Crippen LogP contribution >= 0.6 is 0 Å². The highest BCUT2D eigenvalue weighted by atomic mass is 16.6. The zero-order valence-electron chi connectivity index (χ0n) is 14.5. The van der Waals surface area contributed by atoms with Crippen LogP contribution in [0.2, 0.25) is 0 Å². The van der Waals surface area contributed by atoms with Crippen molar-refractivity contribution in [2.24, 2.45) is 0 Å². The van der Waals surface area contributed by atoms with Crippen molar-refractivity contribution in [2.45, 2.75) is 115 Å². The van der Waals surface area contributed by atoms with Gasteiger partial charge in [-0.05, 0) is 19.3 Å². The van der Waals surface area contributed by atoms with Gasteiger partial charge < -0.3 is 14.6 Å². The average molecular weight is 312 g/mol. The van der Waals surface area contributed by atoms with Crippen LogP contribution in [0.15, 0.2) is 0 Å². The number of hydrogen-bond acceptors (Lipinski definition) is 3. The maximum absolute atomic E-state index is 10.1. The van der Waals surface area contributed by atoms with Gasteiger partial charge in [0, 0.05) is 0 Å². The van der Waals surface area contributed by atoms with Crippen molar-refractivity contribution in [1.82, 2.24) is 0 Å². The predicted octanol–water partition coefficient (Wildman–Crippen LogP) is 4.60. The van der Waals surface area contributed by atoms with Crippen molar-refractivity contribution in [3.8, 4) is 0 Å². The highest BCUT2D eigenvalue weighted by Gasteiger charge is 2.39. The number of ether oxygens (including phenoxy) is 2. The molecule has 0 spiro atoms. The Morgan fingerprint density at radius 1 is 0.818 bits per heavy atom. The molecule has 2 fully saturated rings. The van der Waals surface area contributed by atoms with Crippen LogP contribution in [0.3, 0.4) is 0 Å². The highest BCUT2D eigenvalue weighted by Crippen LogP contribution is 2.30. The summed E-state index contributed by atoms with van der Waals surface area (Å²) in [5.74, 6) is 0. The van der Waals surface area contributed by atoms with Crippen LogP contribution in [0.25, 0.3) is 0 Å². The van der Waals surface area contributed by atoms with Gasteiger partial charge in [0.15, 0.2) is 0 Å². The lowest BCUT2D eigenvalue weighted by molar-refractivity contribution is -0.126. The van der Waals surface area contributed by atoms with Crippen LogP contribution < -0.4 is 0 Å². The van der Waals surface area contributed by atoms with E-state index in [1.165, 1.54) is 64.2 Å². The zero-order valence-corrected chi connectivity index (χ0v) is 14.5. The normalized spacial score (nSPS) is 31.4. The van der Waals surface area contributed by atoms with Crippen molar-refractivity contribution >= 4 is 0 Å². The first-order valence-corrected chi connectivity index (χ1v) is 9.76. The molecule has 2 aliphatic rings. The molecule has 3 nitrogen and oxygen atoms in total. The fraction of sp³-hybridized carbons (Fsp3) is 1.00. The molecule has 2 heterocycles. The Bertz CT molecular complexity index is 278. The number of unbranched alkanes of at least 4 members (excludes halogenated alkanes) is 9. The molecule has 0 aromatic carbocycles. The summed E-state index contributed by atoms with van der Waals surface area (Å²) in [4.78, 5) is 0. The molecule has 0 bridgehead atoms. The second-order valence-electron chi connectivity index (χ2n) is 7.20. The monoisotopic (exact) mass is 312 g/mol. The van der Waals surface area contributed by atoms with Gasteiger partial charge in [0.05, 0.1) is 24.9 Å². The Hall–Kier alpha value is -0.120. The van der Waals surface area contributed by atoms with Gasteiger partial charge >= 0.3 is 0 Å². The topological polar surface area (TPSA) is 42.0 Å². The van der Waals surface area contributed by atoms with Crippen LogP contribution in [-0.4, -0.2) is 36.1 Å². The maximum atomic E-state index is 10.1. The van der Waals surface area contributed by atoms with Crippen LogP contribution in [0.4, 0.5) is 0 Å². The molecular formula is C19H36O3. The van der Waals surface area contributed by atoms with Gasteiger partial charge in [0.25, 0.3) is 0 Å². The fourth-order valence-electron chi connectivity index (χ4n) is 3.54. The Morgan fingerprint density at radius 2 is 1.41 bits per heavy atom. The third-order valence-electron chi connectivity index (χ3n) is 5.14. The first kappa shape index (κ1) is 18.2. The molecule has 0 unspecified atom stereocenters. The van der Waals surface area contributed by atoms with E-state index < -0.39 is 0 Å². The molecular weight excluding hydrogens is 276 g/mol. The van der Waals surface area contributed by atoms with E-state index in [0.717, 1.165) is 25.9 Å². The second-order valence-corrected chi connectivity index (χ2v) is 7.20. The second kappa shape index (κ2) is 10.6. The number of aliphatic hydroxyl groups is 1. The van der Waals surface area contributed by atoms with Crippen molar-refractivity contribution in [1.29, 1.82) is 0 Å². The molecule has 1 N–H and O–H groups in total. The molecule has 0 aliphatic carbocycles.